The summed E-state index contributed by atoms with van der Waals surface area (Å²) in [4.78, 5) is 28.6. The zero-order valence-corrected chi connectivity index (χ0v) is 16.5. The smallest absolute Gasteiger partial charge is 0.313 e. The second-order valence-corrected chi connectivity index (χ2v) is 8.18. The zero-order valence-electron chi connectivity index (χ0n) is 15.7. The fraction of sp³-hybridized carbons (Fsp3) is 0.333. The highest BCUT2D eigenvalue weighted by Gasteiger charge is 2.18. The van der Waals surface area contributed by atoms with Gasteiger partial charge in [0.05, 0.1) is 16.7 Å². The third-order valence-corrected chi connectivity index (χ3v) is 6.10. The van der Waals surface area contributed by atoms with Gasteiger partial charge in [0.15, 0.2) is 0 Å². The minimum atomic E-state index is -0.567. The Balaban J connectivity index is 1.74. The molecule has 0 spiro atoms. The van der Waals surface area contributed by atoms with E-state index in [4.69, 9.17) is 4.84 Å². The second kappa shape index (κ2) is 9.50. The summed E-state index contributed by atoms with van der Waals surface area (Å²) in [5.74, 6) is -0.567. The third kappa shape index (κ3) is 5.42. The topological polar surface area (TPSA) is 81.8 Å². The van der Waals surface area contributed by atoms with Gasteiger partial charge in [0.1, 0.15) is 0 Å². The molecule has 1 aliphatic carbocycles. The molecule has 0 aromatic heterocycles. The molecule has 1 saturated carbocycles. The van der Waals surface area contributed by atoms with Gasteiger partial charge in [0.25, 0.3) is 5.69 Å². The number of nitro groups is 1. The summed E-state index contributed by atoms with van der Waals surface area (Å²) < 4.78 is 0. The Morgan fingerprint density at radius 3 is 2.57 bits per heavy atom. The first-order chi connectivity index (χ1) is 13.5. The van der Waals surface area contributed by atoms with Crippen LogP contribution in [-0.2, 0) is 4.84 Å². The van der Waals surface area contributed by atoms with Crippen LogP contribution in [0.15, 0.2) is 52.5 Å². The normalized spacial score (nSPS) is 14.9. The molecule has 28 heavy (non-hydrogen) atoms. The van der Waals surface area contributed by atoms with Crippen molar-refractivity contribution in [2.24, 2.45) is 5.16 Å². The van der Waals surface area contributed by atoms with E-state index in [1.807, 2.05) is 19.1 Å². The van der Waals surface area contributed by atoms with E-state index in [1.54, 1.807) is 30.0 Å². The fourth-order valence-electron chi connectivity index (χ4n) is 3.09. The average Bonchev–Trinajstić information content (AvgIpc) is 2.70. The van der Waals surface area contributed by atoms with Crippen molar-refractivity contribution in [1.29, 1.82) is 0 Å². The molecule has 0 N–H and O–H groups in total. The molecule has 0 amide bonds. The van der Waals surface area contributed by atoms with Crippen molar-refractivity contribution in [2.75, 3.05) is 0 Å². The summed E-state index contributed by atoms with van der Waals surface area (Å²) in [5.41, 5.74) is 2.01. The average molecular weight is 398 g/mol. The molecule has 2 aromatic rings. The summed E-state index contributed by atoms with van der Waals surface area (Å²) >= 11 is 1.71. The number of oxime groups is 1. The molecule has 0 saturated heterocycles. The lowest BCUT2D eigenvalue weighted by Gasteiger charge is -2.21. The molecule has 0 bridgehead atoms. The molecule has 0 aliphatic heterocycles. The lowest BCUT2D eigenvalue weighted by molar-refractivity contribution is -0.384. The van der Waals surface area contributed by atoms with Crippen LogP contribution in [0.25, 0.3) is 0 Å². The summed E-state index contributed by atoms with van der Waals surface area (Å²) in [7, 11) is 0. The second-order valence-electron chi connectivity index (χ2n) is 6.84. The molecule has 0 heterocycles. The van der Waals surface area contributed by atoms with Crippen LogP contribution >= 0.6 is 11.8 Å². The van der Waals surface area contributed by atoms with Crippen molar-refractivity contribution in [3.63, 3.8) is 0 Å². The van der Waals surface area contributed by atoms with Crippen LogP contribution in [0.3, 0.4) is 0 Å². The van der Waals surface area contributed by atoms with Gasteiger partial charge in [-0.15, -0.1) is 11.8 Å². The summed E-state index contributed by atoms with van der Waals surface area (Å²) in [5, 5.41) is 15.4. The van der Waals surface area contributed by atoms with Crippen LogP contribution in [0.5, 0.6) is 0 Å². The Hall–Kier alpha value is -2.67. The standard InChI is InChI=1S/C21H22N2O4S/c1-15-7-9-16(10-8-15)21(24)27-22-14-17-13-18(23(25)26)11-12-20(17)28-19-5-3-2-4-6-19/h7-14,19H,2-6H2,1H3. The van der Waals surface area contributed by atoms with E-state index in [2.05, 4.69) is 5.16 Å². The maximum absolute atomic E-state index is 12.1. The Morgan fingerprint density at radius 2 is 1.89 bits per heavy atom. The van der Waals surface area contributed by atoms with Crippen LogP contribution in [0.4, 0.5) is 5.69 Å². The Bertz CT molecular complexity index is 874. The van der Waals surface area contributed by atoms with Gasteiger partial charge in [-0.1, -0.05) is 42.1 Å². The monoisotopic (exact) mass is 398 g/mol. The highest BCUT2D eigenvalue weighted by atomic mass is 32.2. The Labute approximate surface area is 168 Å². The number of rotatable bonds is 6. The first-order valence-electron chi connectivity index (χ1n) is 9.29. The highest BCUT2D eigenvalue weighted by molar-refractivity contribution is 8.00. The minimum absolute atomic E-state index is 0.0145. The molecule has 6 nitrogen and oxygen atoms in total. The zero-order chi connectivity index (χ0) is 19.9. The number of non-ortho nitro benzene ring substituents is 1. The molecule has 0 unspecified atom stereocenters. The van der Waals surface area contributed by atoms with Crippen LogP contribution in [0.2, 0.25) is 0 Å². The summed E-state index contributed by atoms with van der Waals surface area (Å²) in [6.45, 7) is 1.93. The number of carbonyl (C=O) groups is 1. The maximum atomic E-state index is 12.1. The number of aryl methyl sites for hydroxylation is 1. The first kappa shape index (κ1) is 20.1. The summed E-state index contributed by atoms with van der Waals surface area (Å²) in [6.07, 6.45) is 7.34. The van der Waals surface area contributed by atoms with Crippen molar-refractivity contribution in [2.45, 2.75) is 49.2 Å². The maximum Gasteiger partial charge on any atom is 0.365 e. The molecular formula is C21H22N2O4S. The number of nitrogens with zero attached hydrogens (tertiary/aromatic N) is 2. The predicted molar refractivity (Wildman–Crippen MR) is 110 cm³/mol. The highest BCUT2D eigenvalue weighted by Crippen LogP contribution is 2.36. The molecule has 0 atom stereocenters. The molecule has 1 aliphatic rings. The van der Waals surface area contributed by atoms with E-state index >= 15 is 0 Å². The van der Waals surface area contributed by atoms with Gasteiger partial charge in [-0.3, -0.25) is 10.1 Å². The Kier molecular flexibility index (Phi) is 6.81. The molecule has 3 rings (SSSR count). The molecule has 2 aromatic carbocycles. The molecule has 1 fully saturated rings. The van der Waals surface area contributed by atoms with Crippen molar-refractivity contribution in [3.05, 3.63) is 69.3 Å². The van der Waals surface area contributed by atoms with E-state index in [9.17, 15) is 14.9 Å². The SMILES string of the molecule is Cc1ccc(C(=O)ON=Cc2cc([N+](=O)[O-])ccc2SC2CCCCC2)cc1. The minimum Gasteiger partial charge on any atom is -0.313 e. The van der Waals surface area contributed by atoms with E-state index in [0.29, 0.717) is 16.4 Å². The van der Waals surface area contributed by atoms with Crippen molar-refractivity contribution in [3.8, 4) is 0 Å². The van der Waals surface area contributed by atoms with Crippen molar-refractivity contribution >= 4 is 29.6 Å². The molecule has 0 radical (unpaired) electrons. The van der Waals surface area contributed by atoms with Gasteiger partial charge in [-0.25, -0.2) is 4.79 Å². The third-order valence-electron chi connectivity index (χ3n) is 4.66. The molecule has 146 valence electrons. The largest absolute Gasteiger partial charge is 0.365 e. The quantitative estimate of drug-likeness (QED) is 0.277. The Morgan fingerprint density at radius 1 is 1.18 bits per heavy atom. The summed E-state index contributed by atoms with van der Waals surface area (Å²) in [6, 6.07) is 11.7. The fourth-order valence-corrected chi connectivity index (χ4v) is 4.42. The molecular weight excluding hydrogens is 376 g/mol. The number of hydrogen-bond acceptors (Lipinski definition) is 6. The van der Waals surface area contributed by atoms with Gasteiger partial charge < -0.3 is 4.84 Å². The van der Waals surface area contributed by atoms with Crippen LogP contribution in [-0.4, -0.2) is 22.4 Å². The number of thioether (sulfide) groups is 1. The van der Waals surface area contributed by atoms with E-state index in [-0.39, 0.29) is 5.69 Å². The molecule has 7 heteroatoms. The number of nitro benzene ring substituents is 1. The van der Waals surface area contributed by atoms with Crippen LogP contribution in [0.1, 0.15) is 53.6 Å². The predicted octanol–water partition coefficient (Wildman–Crippen LogP) is 5.52. The van der Waals surface area contributed by atoms with Crippen LogP contribution in [0, 0.1) is 17.0 Å². The van der Waals surface area contributed by atoms with Crippen molar-refractivity contribution in [1.82, 2.24) is 0 Å². The van der Waals surface area contributed by atoms with Crippen LogP contribution < -0.4 is 0 Å². The van der Waals surface area contributed by atoms with Gasteiger partial charge in [-0.05, 0) is 38.0 Å². The number of benzene rings is 2. The van der Waals surface area contributed by atoms with Crippen molar-refractivity contribution < 1.29 is 14.6 Å². The van der Waals surface area contributed by atoms with Gasteiger partial charge >= 0.3 is 5.97 Å². The number of hydrogen-bond donors (Lipinski definition) is 0. The number of carbonyl (C=O) groups excluding carboxylic acids is 1. The van der Waals surface area contributed by atoms with Gasteiger partial charge in [0, 0.05) is 27.8 Å². The van der Waals surface area contributed by atoms with Gasteiger partial charge in [-0.2, -0.15) is 0 Å². The van der Waals surface area contributed by atoms with E-state index < -0.39 is 10.9 Å². The first-order valence-corrected chi connectivity index (χ1v) is 10.2. The lowest BCUT2D eigenvalue weighted by Crippen LogP contribution is -2.08. The van der Waals surface area contributed by atoms with E-state index in [1.165, 1.54) is 37.6 Å². The van der Waals surface area contributed by atoms with Gasteiger partial charge in [0.2, 0.25) is 0 Å². The lowest BCUT2D eigenvalue weighted by atomic mass is 10.0. The van der Waals surface area contributed by atoms with E-state index in [0.717, 1.165) is 23.3 Å².